The zero-order chi connectivity index (χ0) is 14.9. The summed E-state index contributed by atoms with van der Waals surface area (Å²) in [6, 6.07) is 10.0. The zero-order valence-electron chi connectivity index (χ0n) is 10.3. The number of aryl methyl sites for hydroxylation is 1. The SMILES string of the molecule is Cc1ccc(Br)cc1NS(=O)(=O)c1ccc(Br)cc1Cl. The molecule has 0 aromatic heterocycles. The normalized spacial score (nSPS) is 11.4. The van der Waals surface area contributed by atoms with E-state index < -0.39 is 10.0 Å². The average molecular weight is 440 g/mol. The second kappa shape index (κ2) is 6.05. The van der Waals surface area contributed by atoms with Crippen LogP contribution in [0.3, 0.4) is 0 Å². The molecular weight excluding hydrogens is 429 g/mol. The molecule has 1 N–H and O–H groups in total. The summed E-state index contributed by atoms with van der Waals surface area (Å²) in [4.78, 5) is 0.0433. The Morgan fingerprint density at radius 3 is 2.30 bits per heavy atom. The smallest absolute Gasteiger partial charge is 0.263 e. The summed E-state index contributed by atoms with van der Waals surface area (Å²) >= 11 is 12.6. The minimum atomic E-state index is -3.72. The molecule has 0 saturated carbocycles. The van der Waals surface area contributed by atoms with Crippen LogP contribution in [0, 0.1) is 6.92 Å². The molecular formula is C13H10Br2ClNO2S. The zero-order valence-corrected chi connectivity index (χ0v) is 15.1. The van der Waals surface area contributed by atoms with Gasteiger partial charge < -0.3 is 0 Å². The van der Waals surface area contributed by atoms with Gasteiger partial charge in [0.1, 0.15) is 4.90 Å². The number of hydrogen-bond donors (Lipinski definition) is 1. The summed E-state index contributed by atoms with van der Waals surface area (Å²) < 4.78 is 28.8. The van der Waals surface area contributed by atoms with E-state index in [2.05, 4.69) is 36.6 Å². The second-order valence-electron chi connectivity index (χ2n) is 4.14. The first kappa shape index (κ1) is 15.8. The first-order chi connectivity index (χ1) is 9.29. The summed E-state index contributed by atoms with van der Waals surface area (Å²) in [7, 11) is -3.72. The largest absolute Gasteiger partial charge is 0.279 e. The molecule has 0 heterocycles. The highest BCUT2D eigenvalue weighted by molar-refractivity contribution is 9.10. The third-order valence-corrected chi connectivity index (χ3v) is 5.46. The van der Waals surface area contributed by atoms with Crippen LogP contribution in [-0.4, -0.2) is 8.42 Å². The number of hydrogen-bond acceptors (Lipinski definition) is 2. The minimum absolute atomic E-state index is 0.0433. The number of rotatable bonds is 3. The molecule has 2 aromatic rings. The van der Waals surface area contributed by atoms with Crippen LogP contribution < -0.4 is 4.72 Å². The molecule has 0 atom stereocenters. The topological polar surface area (TPSA) is 46.2 Å². The summed E-state index contributed by atoms with van der Waals surface area (Å²) in [5.74, 6) is 0. The molecule has 0 aliphatic carbocycles. The molecule has 0 saturated heterocycles. The molecule has 0 fully saturated rings. The molecule has 0 aliphatic rings. The molecule has 0 aliphatic heterocycles. The molecule has 0 amide bonds. The van der Waals surface area contributed by atoms with Gasteiger partial charge in [0.2, 0.25) is 0 Å². The van der Waals surface area contributed by atoms with Gasteiger partial charge in [-0.1, -0.05) is 49.5 Å². The van der Waals surface area contributed by atoms with Crippen molar-refractivity contribution in [3.8, 4) is 0 Å². The standard InChI is InChI=1S/C13H10Br2ClNO2S/c1-8-2-3-10(15)7-12(8)17-20(18,19)13-5-4-9(14)6-11(13)16/h2-7,17H,1H3. The van der Waals surface area contributed by atoms with E-state index in [1.54, 1.807) is 18.2 Å². The molecule has 2 aromatic carbocycles. The Kier molecular flexibility index (Phi) is 4.79. The molecule has 106 valence electrons. The van der Waals surface area contributed by atoms with Crippen LogP contribution in [-0.2, 0) is 10.0 Å². The van der Waals surface area contributed by atoms with Crippen molar-refractivity contribution >= 4 is 59.2 Å². The Balaban J connectivity index is 2.43. The van der Waals surface area contributed by atoms with Gasteiger partial charge in [0, 0.05) is 8.95 Å². The van der Waals surface area contributed by atoms with Crippen LogP contribution in [0.4, 0.5) is 5.69 Å². The predicted octanol–water partition coefficient (Wildman–Crippen LogP) is 4.97. The lowest BCUT2D eigenvalue weighted by molar-refractivity contribution is 0.601. The molecule has 20 heavy (non-hydrogen) atoms. The van der Waals surface area contributed by atoms with Crippen molar-refractivity contribution in [3.05, 3.63) is 55.9 Å². The molecule has 2 rings (SSSR count). The number of anilines is 1. The predicted molar refractivity (Wildman–Crippen MR) is 88.8 cm³/mol. The second-order valence-corrected chi connectivity index (χ2v) is 8.03. The number of sulfonamides is 1. The Bertz CT molecular complexity index is 763. The summed E-state index contributed by atoms with van der Waals surface area (Å²) in [6.45, 7) is 1.83. The summed E-state index contributed by atoms with van der Waals surface area (Å²) in [5, 5.41) is 0.166. The number of benzene rings is 2. The Labute approximate surface area is 139 Å². The minimum Gasteiger partial charge on any atom is -0.279 e. The van der Waals surface area contributed by atoms with E-state index in [0.29, 0.717) is 5.69 Å². The Morgan fingerprint density at radius 2 is 1.65 bits per heavy atom. The van der Waals surface area contributed by atoms with Crippen LogP contribution in [0.1, 0.15) is 5.56 Å². The fraction of sp³-hybridized carbons (Fsp3) is 0.0769. The van der Waals surface area contributed by atoms with Gasteiger partial charge in [0.05, 0.1) is 10.7 Å². The lowest BCUT2D eigenvalue weighted by atomic mass is 10.2. The van der Waals surface area contributed by atoms with Gasteiger partial charge in [-0.25, -0.2) is 8.42 Å². The van der Waals surface area contributed by atoms with Gasteiger partial charge in [0.15, 0.2) is 0 Å². The lowest BCUT2D eigenvalue weighted by Gasteiger charge is -2.12. The number of nitrogens with one attached hydrogen (secondary N) is 1. The highest BCUT2D eigenvalue weighted by Crippen LogP contribution is 2.28. The van der Waals surface area contributed by atoms with E-state index in [1.165, 1.54) is 6.07 Å². The first-order valence-corrected chi connectivity index (χ1v) is 8.98. The maximum Gasteiger partial charge on any atom is 0.263 e. The highest BCUT2D eigenvalue weighted by Gasteiger charge is 2.19. The van der Waals surface area contributed by atoms with E-state index in [4.69, 9.17) is 11.6 Å². The molecule has 0 unspecified atom stereocenters. The van der Waals surface area contributed by atoms with Crippen molar-refractivity contribution in [3.63, 3.8) is 0 Å². The van der Waals surface area contributed by atoms with E-state index in [9.17, 15) is 8.42 Å². The lowest BCUT2D eigenvalue weighted by Crippen LogP contribution is -2.14. The highest BCUT2D eigenvalue weighted by atomic mass is 79.9. The van der Waals surface area contributed by atoms with E-state index >= 15 is 0 Å². The van der Waals surface area contributed by atoms with Crippen molar-refractivity contribution in [1.29, 1.82) is 0 Å². The summed E-state index contributed by atoms with van der Waals surface area (Å²) in [6.07, 6.45) is 0. The van der Waals surface area contributed by atoms with Gasteiger partial charge in [-0.05, 0) is 42.8 Å². The van der Waals surface area contributed by atoms with Crippen LogP contribution in [0.25, 0.3) is 0 Å². The molecule has 0 spiro atoms. The van der Waals surface area contributed by atoms with Crippen molar-refractivity contribution in [2.24, 2.45) is 0 Å². The van der Waals surface area contributed by atoms with Gasteiger partial charge in [0.25, 0.3) is 10.0 Å². The maximum atomic E-state index is 12.4. The van der Waals surface area contributed by atoms with Crippen molar-refractivity contribution in [2.75, 3.05) is 4.72 Å². The molecule has 0 bridgehead atoms. The van der Waals surface area contributed by atoms with Gasteiger partial charge in [-0.15, -0.1) is 0 Å². The molecule has 3 nitrogen and oxygen atoms in total. The number of halogens is 3. The van der Waals surface area contributed by atoms with Crippen LogP contribution in [0.2, 0.25) is 5.02 Å². The molecule has 7 heteroatoms. The fourth-order valence-corrected chi connectivity index (χ4v) is 4.12. The van der Waals surface area contributed by atoms with E-state index in [0.717, 1.165) is 14.5 Å². The van der Waals surface area contributed by atoms with Gasteiger partial charge in [-0.2, -0.15) is 0 Å². The van der Waals surface area contributed by atoms with Crippen LogP contribution in [0.15, 0.2) is 50.2 Å². The Hall–Kier alpha value is -0.560. The quantitative estimate of drug-likeness (QED) is 0.734. The van der Waals surface area contributed by atoms with Crippen molar-refractivity contribution in [1.82, 2.24) is 0 Å². The van der Waals surface area contributed by atoms with E-state index in [-0.39, 0.29) is 9.92 Å². The fourth-order valence-electron chi connectivity index (χ4n) is 1.60. The summed E-state index contributed by atoms with van der Waals surface area (Å²) in [5.41, 5.74) is 1.34. The van der Waals surface area contributed by atoms with Gasteiger partial charge in [-0.3, -0.25) is 4.72 Å². The average Bonchev–Trinajstić information content (AvgIpc) is 2.33. The van der Waals surface area contributed by atoms with E-state index in [1.807, 2.05) is 19.1 Å². The van der Waals surface area contributed by atoms with Crippen LogP contribution >= 0.6 is 43.5 Å². The van der Waals surface area contributed by atoms with Crippen LogP contribution in [0.5, 0.6) is 0 Å². The van der Waals surface area contributed by atoms with Gasteiger partial charge >= 0.3 is 0 Å². The Morgan fingerprint density at radius 1 is 1.05 bits per heavy atom. The van der Waals surface area contributed by atoms with Crippen molar-refractivity contribution < 1.29 is 8.42 Å². The maximum absolute atomic E-state index is 12.4. The molecule has 0 radical (unpaired) electrons. The third-order valence-electron chi connectivity index (χ3n) is 2.63. The monoisotopic (exact) mass is 437 g/mol. The van der Waals surface area contributed by atoms with Crippen molar-refractivity contribution in [2.45, 2.75) is 11.8 Å². The third kappa shape index (κ3) is 3.55. The first-order valence-electron chi connectivity index (χ1n) is 5.53.